The molecule has 1 aromatic carbocycles. The Hall–Kier alpha value is -1.55. The molecule has 0 bridgehead atoms. The second-order valence-corrected chi connectivity index (χ2v) is 5.82. The van der Waals surface area contributed by atoms with E-state index < -0.39 is 0 Å². The normalized spacial score (nSPS) is 15.7. The molecule has 4 heteroatoms. The summed E-state index contributed by atoms with van der Waals surface area (Å²) in [6.45, 7) is 3.10. The summed E-state index contributed by atoms with van der Waals surface area (Å²) < 4.78 is 5.13. The quantitative estimate of drug-likeness (QED) is 0.872. The van der Waals surface area contributed by atoms with Crippen molar-refractivity contribution < 1.29 is 9.53 Å². The van der Waals surface area contributed by atoms with E-state index in [0.29, 0.717) is 6.42 Å². The number of amides is 1. The van der Waals surface area contributed by atoms with Gasteiger partial charge in [0, 0.05) is 13.6 Å². The van der Waals surface area contributed by atoms with Gasteiger partial charge in [-0.05, 0) is 56.0 Å². The average molecular weight is 290 g/mol. The molecule has 0 aromatic heterocycles. The van der Waals surface area contributed by atoms with Gasteiger partial charge in [0.2, 0.25) is 5.91 Å². The number of rotatable bonds is 6. The van der Waals surface area contributed by atoms with Gasteiger partial charge in [-0.15, -0.1) is 0 Å². The number of carbonyl (C=O) groups excluding carboxylic acids is 1. The van der Waals surface area contributed by atoms with Crippen LogP contribution in [0.1, 0.15) is 24.8 Å². The third-order valence-electron chi connectivity index (χ3n) is 4.27. The Kier molecular flexibility index (Phi) is 6.05. The van der Waals surface area contributed by atoms with E-state index in [1.54, 1.807) is 7.11 Å². The monoisotopic (exact) mass is 290 g/mol. The zero-order chi connectivity index (χ0) is 15.1. The number of hydrogen-bond acceptors (Lipinski definition) is 3. The third kappa shape index (κ3) is 5.05. The van der Waals surface area contributed by atoms with Crippen LogP contribution in [0, 0.1) is 5.92 Å². The number of nitrogens with one attached hydrogen (secondary N) is 1. The average Bonchev–Trinajstić information content (AvgIpc) is 2.54. The number of carbonyl (C=O) groups is 1. The fourth-order valence-electron chi connectivity index (χ4n) is 2.72. The van der Waals surface area contributed by atoms with Gasteiger partial charge >= 0.3 is 0 Å². The van der Waals surface area contributed by atoms with Crippen molar-refractivity contribution in [1.29, 1.82) is 0 Å². The number of benzene rings is 1. The molecule has 0 atom stereocenters. The minimum atomic E-state index is 0.189. The number of hydrogen-bond donors (Lipinski definition) is 1. The van der Waals surface area contributed by atoms with Crippen LogP contribution in [0.25, 0.3) is 0 Å². The molecule has 1 aliphatic heterocycles. The highest BCUT2D eigenvalue weighted by atomic mass is 16.5. The molecule has 0 spiro atoms. The highest BCUT2D eigenvalue weighted by Gasteiger charge is 2.15. The van der Waals surface area contributed by atoms with Crippen molar-refractivity contribution >= 4 is 5.91 Å². The van der Waals surface area contributed by atoms with Crippen molar-refractivity contribution in [3.05, 3.63) is 29.8 Å². The molecule has 1 aliphatic rings. The van der Waals surface area contributed by atoms with Gasteiger partial charge in [-0.3, -0.25) is 4.79 Å². The van der Waals surface area contributed by atoms with Crippen LogP contribution in [0.3, 0.4) is 0 Å². The minimum Gasteiger partial charge on any atom is -0.497 e. The lowest BCUT2D eigenvalue weighted by molar-refractivity contribution is -0.129. The van der Waals surface area contributed by atoms with Gasteiger partial charge in [0.05, 0.1) is 13.5 Å². The van der Waals surface area contributed by atoms with Crippen LogP contribution in [-0.2, 0) is 11.2 Å². The lowest BCUT2D eigenvalue weighted by Gasteiger charge is -2.25. The smallest absolute Gasteiger partial charge is 0.226 e. The van der Waals surface area contributed by atoms with E-state index in [4.69, 9.17) is 4.74 Å². The molecule has 2 rings (SSSR count). The van der Waals surface area contributed by atoms with Gasteiger partial charge in [-0.1, -0.05) is 12.1 Å². The summed E-state index contributed by atoms with van der Waals surface area (Å²) in [4.78, 5) is 14.1. The van der Waals surface area contributed by atoms with Crippen LogP contribution in [0.4, 0.5) is 0 Å². The number of likely N-dealkylation sites (N-methyl/N-ethyl adjacent to an activating group) is 1. The Morgan fingerprint density at radius 1 is 1.29 bits per heavy atom. The van der Waals surface area contributed by atoms with Crippen molar-refractivity contribution in [2.45, 2.75) is 25.7 Å². The molecule has 1 saturated heterocycles. The van der Waals surface area contributed by atoms with E-state index >= 15 is 0 Å². The zero-order valence-electron chi connectivity index (χ0n) is 13.1. The van der Waals surface area contributed by atoms with E-state index in [0.717, 1.165) is 43.3 Å². The molecule has 1 N–H and O–H groups in total. The summed E-state index contributed by atoms with van der Waals surface area (Å²) in [5.41, 5.74) is 1.04. The fraction of sp³-hybridized carbons (Fsp3) is 0.588. The second-order valence-electron chi connectivity index (χ2n) is 5.82. The van der Waals surface area contributed by atoms with Gasteiger partial charge < -0.3 is 15.0 Å². The topological polar surface area (TPSA) is 41.6 Å². The van der Waals surface area contributed by atoms with Gasteiger partial charge in [-0.2, -0.15) is 0 Å². The summed E-state index contributed by atoms with van der Waals surface area (Å²) in [6.07, 6.45) is 4.06. The van der Waals surface area contributed by atoms with Crippen molar-refractivity contribution in [3.63, 3.8) is 0 Å². The van der Waals surface area contributed by atoms with Crippen molar-refractivity contribution in [1.82, 2.24) is 10.2 Å². The SMILES string of the molecule is COc1ccc(CC(=O)N(C)CCC2CCNCC2)cc1. The molecular formula is C17H26N2O2. The van der Waals surface area contributed by atoms with Crippen LogP contribution in [0.15, 0.2) is 24.3 Å². The molecule has 1 fully saturated rings. The Bertz CT molecular complexity index is 439. The van der Waals surface area contributed by atoms with Gasteiger partial charge in [0.1, 0.15) is 5.75 Å². The molecule has 1 aromatic rings. The standard InChI is InChI=1S/C17H26N2O2/c1-19(12-9-14-7-10-18-11-8-14)17(20)13-15-3-5-16(21-2)6-4-15/h3-6,14,18H,7-13H2,1-2H3. The minimum absolute atomic E-state index is 0.189. The summed E-state index contributed by atoms with van der Waals surface area (Å²) >= 11 is 0. The molecule has 0 unspecified atom stereocenters. The van der Waals surface area contributed by atoms with E-state index in [2.05, 4.69) is 5.32 Å². The van der Waals surface area contributed by atoms with Crippen LogP contribution < -0.4 is 10.1 Å². The third-order valence-corrected chi connectivity index (χ3v) is 4.27. The lowest BCUT2D eigenvalue weighted by atomic mass is 9.94. The maximum absolute atomic E-state index is 12.2. The molecule has 0 saturated carbocycles. The highest BCUT2D eigenvalue weighted by Crippen LogP contribution is 2.16. The van der Waals surface area contributed by atoms with Crippen LogP contribution in [-0.4, -0.2) is 44.6 Å². The highest BCUT2D eigenvalue weighted by molar-refractivity contribution is 5.78. The Morgan fingerprint density at radius 2 is 1.95 bits per heavy atom. The number of piperidine rings is 1. The Morgan fingerprint density at radius 3 is 2.57 bits per heavy atom. The predicted molar refractivity (Wildman–Crippen MR) is 84.5 cm³/mol. The molecule has 1 heterocycles. The number of nitrogens with zero attached hydrogens (tertiary/aromatic N) is 1. The molecular weight excluding hydrogens is 264 g/mol. The second kappa shape index (κ2) is 8.03. The van der Waals surface area contributed by atoms with Gasteiger partial charge in [0.15, 0.2) is 0 Å². The van der Waals surface area contributed by atoms with Crippen molar-refractivity contribution in [3.8, 4) is 5.75 Å². The number of methoxy groups -OCH3 is 1. The molecule has 0 radical (unpaired) electrons. The van der Waals surface area contributed by atoms with Crippen LogP contribution in [0.2, 0.25) is 0 Å². The number of ether oxygens (including phenoxy) is 1. The summed E-state index contributed by atoms with van der Waals surface area (Å²) in [5.74, 6) is 1.78. The summed E-state index contributed by atoms with van der Waals surface area (Å²) in [6, 6.07) is 7.71. The zero-order valence-corrected chi connectivity index (χ0v) is 13.1. The van der Waals surface area contributed by atoms with E-state index in [1.807, 2.05) is 36.2 Å². The first-order valence-electron chi connectivity index (χ1n) is 7.76. The lowest BCUT2D eigenvalue weighted by Crippen LogP contribution is -2.33. The fourth-order valence-corrected chi connectivity index (χ4v) is 2.72. The first-order valence-corrected chi connectivity index (χ1v) is 7.76. The molecule has 116 valence electrons. The molecule has 1 amide bonds. The van der Waals surface area contributed by atoms with Gasteiger partial charge in [-0.25, -0.2) is 0 Å². The summed E-state index contributed by atoms with van der Waals surface area (Å²) in [5, 5.41) is 3.38. The van der Waals surface area contributed by atoms with Crippen LogP contribution >= 0.6 is 0 Å². The van der Waals surface area contributed by atoms with Crippen LogP contribution in [0.5, 0.6) is 5.75 Å². The maximum atomic E-state index is 12.2. The van der Waals surface area contributed by atoms with E-state index in [1.165, 1.54) is 12.8 Å². The maximum Gasteiger partial charge on any atom is 0.226 e. The molecule has 21 heavy (non-hydrogen) atoms. The van der Waals surface area contributed by atoms with Crippen molar-refractivity contribution in [2.75, 3.05) is 33.8 Å². The Labute approximate surface area is 127 Å². The first kappa shape index (κ1) is 15.8. The van der Waals surface area contributed by atoms with E-state index in [-0.39, 0.29) is 5.91 Å². The first-order chi connectivity index (χ1) is 10.2. The van der Waals surface area contributed by atoms with E-state index in [9.17, 15) is 4.79 Å². The van der Waals surface area contributed by atoms with Gasteiger partial charge in [0.25, 0.3) is 0 Å². The predicted octanol–water partition coefficient (Wildman–Crippen LogP) is 2.09. The summed E-state index contributed by atoms with van der Waals surface area (Å²) in [7, 11) is 3.56. The largest absolute Gasteiger partial charge is 0.497 e. The Balaban J connectivity index is 1.75. The van der Waals surface area contributed by atoms with Crippen molar-refractivity contribution in [2.24, 2.45) is 5.92 Å². The molecule has 4 nitrogen and oxygen atoms in total. The molecule has 0 aliphatic carbocycles.